The van der Waals surface area contributed by atoms with Crippen LogP contribution in [0.4, 0.5) is 11.6 Å². The minimum absolute atomic E-state index is 0.0547. The Kier molecular flexibility index (Phi) is 6.03. The molecule has 4 aromatic rings. The van der Waals surface area contributed by atoms with E-state index in [0.29, 0.717) is 22.2 Å². The molecule has 0 aliphatic rings. The summed E-state index contributed by atoms with van der Waals surface area (Å²) in [5.74, 6) is 1.33. The first-order valence-electron chi connectivity index (χ1n) is 9.07. The largest absolute Gasteiger partial charge is 0.424 e. The van der Waals surface area contributed by atoms with Gasteiger partial charge in [-0.25, -0.2) is 0 Å². The number of ether oxygens (including phenoxy) is 2. The van der Waals surface area contributed by atoms with E-state index in [1.807, 2.05) is 36.4 Å². The Morgan fingerprint density at radius 3 is 2.10 bits per heavy atom. The Labute approximate surface area is 178 Å². The van der Waals surface area contributed by atoms with Gasteiger partial charge in [-0.05, 0) is 54.1 Å². The summed E-state index contributed by atoms with van der Waals surface area (Å²) in [5, 5.41) is 13.0. The van der Waals surface area contributed by atoms with Gasteiger partial charge < -0.3 is 19.9 Å². The van der Waals surface area contributed by atoms with E-state index in [4.69, 9.17) is 21.1 Å². The zero-order valence-electron chi connectivity index (χ0n) is 15.7. The van der Waals surface area contributed by atoms with Gasteiger partial charge in [-0.3, -0.25) is 0 Å². The molecule has 1 aromatic heterocycles. The summed E-state index contributed by atoms with van der Waals surface area (Å²) in [4.78, 5) is 12.9. The second kappa shape index (κ2) is 9.21. The summed E-state index contributed by atoms with van der Waals surface area (Å²) < 4.78 is 11.5. The van der Waals surface area contributed by atoms with Crippen LogP contribution in [0.2, 0.25) is 5.02 Å². The van der Waals surface area contributed by atoms with Crippen LogP contribution in [0.1, 0.15) is 5.56 Å². The van der Waals surface area contributed by atoms with Gasteiger partial charge in [0.05, 0.1) is 6.61 Å². The number of nitrogens with zero attached hydrogens (tertiary/aromatic N) is 3. The van der Waals surface area contributed by atoms with Crippen LogP contribution in [-0.2, 0) is 6.61 Å². The van der Waals surface area contributed by atoms with Crippen molar-refractivity contribution in [2.24, 2.45) is 0 Å². The van der Waals surface area contributed by atoms with Crippen LogP contribution < -0.4 is 14.8 Å². The topological polar surface area (TPSA) is 89.4 Å². The molecule has 0 atom stereocenters. The highest BCUT2D eigenvalue weighted by Gasteiger charge is 2.11. The summed E-state index contributed by atoms with van der Waals surface area (Å²) in [5.41, 5.74) is 1.46. The van der Waals surface area contributed by atoms with Crippen LogP contribution in [0.25, 0.3) is 0 Å². The number of rotatable bonds is 7. The van der Waals surface area contributed by atoms with Gasteiger partial charge in [-0.15, -0.1) is 4.98 Å². The third-order valence-electron chi connectivity index (χ3n) is 3.94. The Bertz CT molecular complexity index is 1120. The highest BCUT2D eigenvalue weighted by atomic mass is 35.5. The molecule has 0 aliphatic heterocycles. The zero-order valence-corrected chi connectivity index (χ0v) is 16.5. The number of benzene rings is 3. The monoisotopic (exact) mass is 420 g/mol. The average molecular weight is 421 g/mol. The lowest BCUT2D eigenvalue weighted by molar-refractivity contribution is 0.282. The number of aromatic nitrogens is 3. The second-order valence-corrected chi connectivity index (χ2v) is 6.62. The number of hydrogen-bond acceptors (Lipinski definition) is 7. The molecule has 0 amide bonds. The number of hydrogen-bond donors (Lipinski definition) is 2. The molecule has 4 rings (SSSR count). The third kappa shape index (κ3) is 5.22. The van der Waals surface area contributed by atoms with Crippen molar-refractivity contribution in [1.29, 1.82) is 0 Å². The van der Waals surface area contributed by atoms with Crippen LogP contribution in [-0.4, -0.2) is 20.1 Å². The molecule has 0 saturated heterocycles. The SMILES string of the molecule is OCc1cccc(Nc2nc(Oc3ccccc3)nc(Oc3ccc(Cl)cc3)n2)c1. The number of nitrogens with one attached hydrogen (secondary N) is 1. The minimum Gasteiger partial charge on any atom is -0.424 e. The van der Waals surface area contributed by atoms with E-state index >= 15 is 0 Å². The molecule has 0 bridgehead atoms. The molecule has 0 spiro atoms. The fraction of sp³-hybridized carbons (Fsp3) is 0.0455. The van der Waals surface area contributed by atoms with Crippen molar-refractivity contribution in [2.45, 2.75) is 6.61 Å². The highest BCUT2D eigenvalue weighted by Crippen LogP contribution is 2.26. The molecule has 2 N–H and O–H groups in total. The summed E-state index contributed by atoms with van der Waals surface area (Å²) in [6.45, 7) is -0.0694. The maximum Gasteiger partial charge on any atom is 0.330 e. The van der Waals surface area contributed by atoms with E-state index in [1.165, 1.54) is 0 Å². The molecule has 1 heterocycles. The molecule has 0 saturated carbocycles. The zero-order chi connectivity index (χ0) is 20.8. The van der Waals surface area contributed by atoms with E-state index < -0.39 is 0 Å². The Morgan fingerprint density at radius 1 is 0.767 bits per heavy atom. The molecule has 0 unspecified atom stereocenters. The van der Waals surface area contributed by atoms with Gasteiger partial charge in [-0.1, -0.05) is 41.9 Å². The normalized spacial score (nSPS) is 10.5. The summed E-state index contributed by atoms with van der Waals surface area (Å²) in [6.07, 6.45) is 0. The van der Waals surface area contributed by atoms with Gasteiger partial charge in [-0.2, -0.15) is 9.97 Å². The quantitative estimate of drug-likeness (QED) is 0.416. The van der Waals surface area contributed by atoms with Gasteiger partial charge in [0.15, 0.2) is 0 Å². The molecule has 3 aromatic carbocycles. The fourth-order valence-electron chi connectivity index (χ4n) is 2.56. The Balaban J connectivity index is 1.64. The van der Waals surface area contributed by atoms with Gasteiger partial charge in [0.2, 0.25) is 5.95 Å². The average Bonchev–Trinajstić information content (AvgIpc) is 2.76. The van der Waals surface area contributed by atoms with Gasteiger partial charge in [0.25, 0.3) is 0 Å². The minimum atomic E-state index is -0.0694. The van der Waals surface area contributed by atoms with Crippen molar-refractivity contribution in [2.75, 3.05) is 5.32 Å². The number of aliphatic hydroxyl groups excluding tert-OH is 1. The van der Waals surface area contributed by atoms with Crippen molar-refractivity contribution < 1.29 is 14.6 Å². The van der Waals surface area contributed by atoms with E-state index in [0.717, 1.165) is 5.56 Å². The molecular formula is C22H17ClN4O3. The maximum atomic E-state index is 9.35. The van der Waals surface area contributed by atoms with E-state index in [-0.39, 0.29) is 24.6 Å². The first-order chi connectivity index (χ1) is 14.7. The van der Waals surface area contributed by atoms with Gasteiger partial charge >= 0.3 is 12.0 Å². The highest BCUT2D eigenvalue weighted by molar-refractivity contribution is 6.30. The van der Waals surface area contributed by atoms with Crippen molar-refractivity contribution in [3.05, 3.63) is 89.4 Å². The Hall–Kier alpha value is -3.68. The fourth-order valence-corrected chi connectivity index (χ4v) is 2.69. The maximum absolute atomic E-state index is 9.35. The van der Waals surface area contributed by atoms with Crippen molar-refractivity contribution >= 4 is 23.2 Å². The molecule has 0 aliphatic carbocycles. The van der Waals surface area contributed by atoms with E-state index in [1.54, 1.807) is 42.5 Å². The first kappa shape index (κ1) is 19.6. The molecule has 150 valence electrons. The lowest BCUT2D eigenvalue weighted by atomic mass is 10.2. The smallest absolute Gasteiger partial charge is 0.330 e. The van der Waals surface area contributed by atoms with Gasteiger partial charge in [0, 0.05) is 10.7 Å². The number of aliphatic hydroxyl groups is 1. The lowest BCUT2D eigenvalue weighted by Gasteiger charge is -2.10. The van der Waals surface area contributed by atoms with Crippen LogP contribution in [0.3, 0.4) is 0 Å². The molecule has 0 fully saturated rings. The number of halogens is 1. The molecular weight excluding hydrogens is 404 g/mol. The lowest BCUT2D eigenvalue weighted by Crippen LogP contribution is -2.04. The standard InChI is InChI=1S/C22H17ClN4O3/c23-16-9-11-19(12-10-16)30-22-26-20(24-17-6-4-5-15(13-17)14-28)25-21(27-22)29-18-7-2-1-3-8-18/h1-13,28H,14H2,(H,24,25,26,27). The molecule has 0 radical (unpaired) electrons. The first-order valence-corrected chi connectivity index (χ1v) is 9.45. The summed E-state index contributed by atoms with van der Waals surface area (Å²) in [6, 6.07) is 23.4. The van der Waals surface area contributed by atoms with Crippen molar-refractivity contribution in [3.63, 3.8) is 0 Å². The molecule has 7 nitrogen and oxygen atoms in total. The predicted octanol–water partition coefficient (Wildman–Crippen LogP) is 5.35. The van der Waals surface area contributed by atoms with Crippen LogP contribution in [0, 0.1) is 0 Å². The number of para-hydroxylation sites is 1. The van der Waals surface area contributed by atoms with Gasteiger partial charge in [0.1, 0.15) is 11.5 Å². The number of anilines is 2. The Morgan fingerprint density at radius 2 is 1.43 bits per heavy atom. The van der Waals surface area contributed by atoms with Crippen LogP contribution in [0.5, 0.6) is 23.5 Å². The molecule has 30 heavy (non-hydrogen) atoms. The third-order valence-corrected chi connectivity index (χ3v) is 4.19. The van der Waals surface area contributed by atoms with E-state index in [9.17, 15) is 5.11 Å². The van der Waals surface area contributed by atoms with Crippen molar-refractivity contribution in [3.8, 4) is 23.5 Å². The summed E-state index contributed by atoms with van der Waals surface area (Å²) in [7, 11) is 0. The van der Waals surface area contributed by atoms with E-state index in [2.05, 4.69) is 20.3 Å². The predicted molar refractivity (Wildman–Crippen MR) is 114 cm³/mol. The molecule has 8 heteroatoms. The second-order valence-electron chi connectivity index (χ2n) is 6.18. The van der Waals surface area contributed by atoms with Crippen LogP contribution in [0.15, 0.2) is 78.9 Å². The van der Waals surface area contributed by atoms with Crippen molar-refractivity contribution in [1.82, 2.24) is 15.0 Å². The summed E-state index contributed by atoms with van der Waals surface area (Å²) >= 11 is 5.93. The van der Waals surface area contributed by atoms with Crippen LogP contribution >= 0.6 is 11.6 Å².